The smallest absolute Gasteiger partial charge is 0.191 e. The van der Waals surface area contributed by atoms with Crippen LogP contribution in [0.15, 0.2) is 54.6 Å². The number of Topliss-reactive ketones (excluding diaryl/α,β-unsaturated/α-hetero) is 1. The summed E-state index contributed by atoms with van der Waals surface area (Å²) >= 11 is 0. The first-order valence-corrected chi connectivity index (χ1v) is 10.9. The van der Waals surface area contributed by atoms with E-state index in [2.05, 4.69) is 66.8 Å². The number of carbonyl (C=O) groups excluding carboxylic acids is 1. The Kier molecular flexibility index (Phi) is 7.67. The Labute approximate surface area is 170 Å². The number of hydrogen-bond donors (Lipinski definition) is 1. The maximum absolute atomic E-state index is 12.9. The lowest BCUT2D eigenvalue weighted by atomic mass is 10.0. The molecule has 3 heteroatoms. The predicted octanol–water partition coefficient (Wildman–Crippen LogP) is 5.21. The van der Waals surface area contributed by atoms with E-state index in [-0.39, 0.29) is 0 Å². The first kappa shape index (κ1) is 20.6. The molecule has 1 saturated heterocycles. The number of hydrogen-bond acceptors (Lipinski definition) is 2. The standard InChI is InChI=1S/C25H35N2O/c1-2-3-16-26-24-14-12-22(13-15-24)19-25(28)21-27(17-8-5-9-18-27)20-23-10-6-4-7-11-23/h4,6-7,10-15,26H,2-3,5,8-9,16-21H2,1H3/q+1. The lowest BCUT2D eigenvalue weighted by Gasteiger charge is -2.41. The molecule has 28 heavy (non-hydrogen) atoms. The van der Waals surface area contributed by atoms with Crippen LogP contribution in [0.25, 0.3) is 0 Å². The van der Waals surface area contributed by atoms with Crippen molar-refractivity contribution in [2.45, 2.75) is 52.0 Å². The summed E-state index contributed by atoms with van der Waals surface area (Å²) in [5, 5.41) is 3.44. The van der Waals surface area contributed by atoms with Crippen molar-refractivity contribution in [3.8, 4) is 0 Å². The lowest BCUT2D eigenvalue weighted by Crippen LogP contribution is -2.53. The lowest BCUT2D eigenvalue weighted by molar-refractivity contribution is -0.937. The number of ketones is 1. The molecule has 0 atom stereocenters. The topological polar surface area (TPSA) is 29.1 Å². The van der Waals surface area contributed by atoms with E-state index in [1.807, 2.05) is 0 Å². The highest BCUT2D eigenvalue weighted by Crippen LogP contribution is 2.23. The molecule has 150 valence electrons. The van der Waals surface area contributed by atoms with Gasteiger partial charge >= 0.3 is 0 Å². The van der Waals surface area contributed by atoms with Crippen molar-refractivity contribution in [2.75, 3.05) is 31.5 Å². The van der Waals surface area contributed by atoms with Gasteiger partial charge in [-0.25, -0.2) is 0 Å². The molecule has 0 spiro atoms. The molecule has 0 aromatic heterocycles. The molecule has 0 bridgehead atoms. The highest BCUT2D eigenvalue weighted by Gasteiger charge is 2.32. The van der Waals surface area contributed by atoms with Gasteiger partial charge in [0.05, 0.1) is 13.1 Å². The van der Waals surface area contributed by atoms with Gasteiger partial charge in [-0.1, -0.05) is 55.8 Å². The van der Waals surface area contributed by atoms with Crippen LogP contribution in [0, 0.1) is 0 Å². The number of benzene rings is 2. The van der Waals surface area contributed by atoms with Crippen LogP contribution in [-0.4, -0.2) is 36.4 Å². The number of nitrogens with zero attached hydrogens (tertiary/aromatic N) is 1. The van der Waals surface area contributed by atoms with Crippen molar-refractivity contribution in [1.29, 1.82) is 0 Å². The maximum atomic E-state index is 12.9. The van der Waals surface area contributed by atoms with Crippen LogP contribution < -0.4 is 5.32 Å². The molecule has 1 N–H and O–H groups in total. The van der Waals surface area contributed by atoms with Gasteiger partial charge in [0.1, 0.15) is 13.1 Å². The molecule has 1 aliphatic rings. The molecule has 3 nitrogen and oxygen atoms in total. The Bertz CT molecular complexity index is 718. The fourth-order valence-corrected chi connectivity index (χ4v) is 4.33. The molecule has 0 saturated carbocycles. The van der Waals surface area contributed by atoms with E-state index in [1.54, 1.807) is 0 Å². The maximum Gasteiger partial charge on any atom is 0.191 e. The molecule has 0 aliphatic carbocycles. The van der Waals surface area contributed by atoms with Crippen molar-refractivity contribution < 1.29 is 9.28 Å². The van der Waals surface area contributed by atoms with Gasteiger partial charge in [0.15, 0.2) is 5.78 Å². The summed E-state index contributed by atoms with van der Waals surface area (Å²) in [6.07, 6.45) is 6.69. The monoisotopic (exact) mass is 379 g/mol. The number of quaternary nitrogens is 1. The molecule has 2 aromatic carbocycles. The van der Waals surface area contributed by atoms with Crippen LogP contribution in [-0.2, 0) is 17.8 Å². The minimum absolute atomic E-state index is 0.365. The van der Waals surface area contributed by atoms with Crippen LogP contribution in [0.3, 0.4) is 0 Å². The van der Waals surface area contributed by atoms with E-state index in [1.165, 1.54) is 37.7 Å². The summed E-state index contributed by atoms with van der Waals surface area (Å²) in [6, 6.07) is 19.1. The van der Waals surface area contributed by atoms with Crippen LogP contribution in [0.5, 0.6) is 0 Å². The van der Waals surface area contributed by atoms with E-state index in [0.717, 1.165) is 41.9 Å². The third-order valence-electron chi connectivity index (χ3n) is 5.85. The van der Waals surface area contributed by atoms with Crippen molar-refractivity contribution >= 4 is 11.5 Å². The third-order valence-corrected chi connectivity index (χ3v) is 5.85. The Hall–Kier alpha value is -2.13. The van der Waals surface area contributed by atoms with Gasteiger partial charge in [-0.15, -0.1) is 0 Å². The predicted molar refractivity (Wildman–Crippen MR) is 117 cm³/mol. The fourth-order valence-electron chi connectivity index (χ4n) is 4.33. The number of carbonyl (C=O) groups is 1. The second-order valence-corrected chi connectivity index (χ2v) is 8.34. The number of likely N-dealkylation sites (tertiary alicyclic amines) is 1. The molecule has 0 radical (unpaired) electrons. The molecular formula is C25H35N2O+. The second kappa shape index (κ2) is 10.4. The van der Waals surface area contributed by atoms with Gasteiger partial charge in [-0.2, -0.15) is 0 Å². The minimum Gasteiger partial charge on any atom is -0.385 e. The van der Waals surface area contributed by atoms with Gasteiger partial charge in [-0.3, -0.25) is 4.79 Å². The molecular weight excluding hydrogens is 344 g/mol. The van der Waals surface area contributed by atoms with Gasteiger partial charge < -0.3 is 9.80 Å². The van der Waals surface area contributed by atoms with Crippen molar-refractivity contribution in [1.82, 2.24) is 0 Å². The van der Waals surface area contributed by atoms with Crippen LogP contribution in [0.2, 0.25) is 0 Å². The normalized spacial score (nSPS) is 15.9. The summed E-state index contributed by atoms with van der Waals surface area (Å²) < 4.78 is 0.930. The van der Waals surface area contributed by atoms with Gasteiger partial charge in [0.2, 0.25) is 0 Å². The molecule has 1 fully saturated rings. The zero-order chi connectivity index (χ0) is 19.7. The zero-order valence-corrected chi connectivity index (χ0v) is 17.3. The average molecular weight is 380 g/mol. The quantitative estimate of drug-likeness (QED) is 0.453. The van der Waals surface area contributed by atoms with Crippen LogP contribution >= 0.6 is 0 Å². The third kappa shape index (κ3) is 6.20. The van der Waals surface area contributed by atoms with E-state index in [0.29, 0.717) is 18.7 Å². The number of piperidine rings is 1. The molecule has 3 rings (SSSR count). The van der Waals surface area contributed by atoms with Crippen LogP contribution in [0.1, 0.15) is 50.2 Å². The number of rotatable bonds is 10. The minimum atomic E-state index is 0.365. The van der Waals surface area contributed by atoms with E-state index in [9.17, 15) is 4.79 Å². The zero-order valence-electron chi connectivity index (χ0n) is 17.3. The highest BCUT2D eigenvalue weighted by atomic mass is 16.1. The summed E-state index contributed by atoms with van der Waals surface area (Å²) in [7, 11) is 0. The Morgan fingerprint density at radius 2 is 1.64 bits per heavy atom. The first-order chi connectivity index (χ1) is 13.7. The summed E-state index contributed by atoms with van der Waals surface area (Å²) in [4.78, 5) is 12.9. The van der Waals surface area contributed by atoms with E-state index in [4.69, 9.17) is 0 Å². The fraction of sp³-hybridized carbons (Fsp3) is 0.480. The average Bonchev–Trinajstić information content (AvgIpc) is 2.71. The van der Waals surface area contributed by atoms with E-state index >= 15 is 0 Å². The summed E-state index contributed by atoms with van der Waals surface area (Å²) in [6.45, 7) is 7.10. The SMILES string of the molecule is CCCCNc1ccc(CC(=O)C[N+]2(Cc3ccccc3)CCCCC2)cc1. The summed E-state index contributed by atoms with van der Waals surface area (Å²) in [5.41, 5.74) is 3.62. The Morgan fingerprint density at radius 1 is 0.929 bits per heavy atom. The number of unbranched alkanes of at least 4 members (excludes halogenated alkanes) is 1. The first-order valence-electron chi connectivity index (χ1n) is 10.9. The summed E-state index contributed by atoms with van der Waals surface area (Å²) in [5.74, 6) is 0.365. The van der Waals surface area contributed by atoms with Crippen molar-refractivity contribution in [3.05, 3.63) is 65.7 Å². The van der Waals surface area contributed by atoms with Gasteiger partial charge in [0, 0.05) is 24.2 Å². The largest absolute Gasteiger partial charge is 0.385 e. The molecule has 1 heterocycles. The number of anilines is 1. The molecule has 1 aliphatic heterocycles. The van der Waals surface area contributed by atoms with Crippen molar-refractivity contribution in [2.24, 2.45) is 0 Å². The Morgan fingerprint density at radius 3 is 2.32 bits per heavy atom. The molecule has 2 aromatic rings. The molecule has 0 unspecified atom stereocenters. The molecule has 0 amide bonds. The number of nitrogens with one attached hydrogen (secondary N) is 1. The van der Waals surface area contributed by atoms with E-state index < -0.39 is 0 Å². The highest BCUT2D eigenvalue weighted by molar-refractivity contribution is 5.82. The Balaban J connectivity index is 1.59. The van der Waals surface area contributed by atoms with Gasteiger partial charge in [-0.05, 0) is 43.4 Å². The second-order valence-electron chi connectivity index (χ2n) is 8.34. The van der Waals surface area contributed by atoms with Crippen LogP contribution in [0.4, 0.5) is 5.69 Å². The van der Waals surface area contributed by atoms with Crippen molar-refractivity contribution in [3.63, 3.8) is 0 Å². The van der Waals surface area contributed by atoms with Gasteiger partial charge in [0.25, 0.3) is 0 Å².